The quantitative estimate of drug-likeness (QED) is 0.429. The number of halogens is 3. The van der Waals surface area contributed by atoms with Crippen LogP contribution < -0.4 is 0 Å². The van der Waals surface area contributed by atoms with Gasteiger partial charge in [0, 0.05) is 24.1 Å². The van der Waals surface area contributed by atoms with Crippen LogP contribution in [0, 0.1) is 10.1 Å². The van der Waals surface area contributed by atoms with Crippen LogP contribution in [0.2, 0.25) is 0 Å². The van der Waals surface area contributed by atoms with Crippen LogP contribution in [0.4, 0.5) is 18.9 Å². The molecule has 0 radical (unpaired) electrons. The summed E-state index contributed by atoms with van der Waals surface area (Å²) in [6.45, 7) is 1.36. The average Bonchev–Trinajstić information content (AvgIpc) is 2.53. The fraction of sp³-hybridized carbons (Fsp3) is 0.462. The summed E-state index contributed by atoms with van der Waals surface area (Å²) in [6.07, 6.45) is 0. The van der Waals surface area contributed by atoms with E-state index in [1.54, 1.807) is 0 Å². The van der Waals surface area contributed by atoms with Crippen molar-refractivity contribution in [3.8, 4) is 0 Å². The summed E-state index contributed by atoms with van der Waals surface area (Å²) in [6, 6.07) is 2.71. The lowest BCUT2D eigenvalue weighted by Gasteiger charge is -2.26. The Labute approximate surface area is 147 Å². The van der Waals surface area contributed by atoms with E-state index in [0.717, 1.165) is 12.1 Å². The highest BCUT2D eigenvalue weighted by Gasteiger charge is 2.31. The fourth-order valence-corrected chi connectivity index (χ4v) is 3.85. The zero-order valence-electron chi connectivity index (χ0n) is 12.7. The molecule has 2 rings (SSSR count). The standard InChI is InChI=1S/C13H13F3N2O5S2/c14-13(15,16)24-9-1-2-11(10(7-9)18(20)21)25(22)8-12(19)17-3-5-23-6-4-17/h1-2,7H,3-6,8H2. The molecule has 25 heavy (non-hydrogen) atoms. The average molecular weight is 398 g/mol. The molecule has 7 nitrogen and oxygen atoms in total. The number of carbonyl (C=O) groups is 1. The molecule has 0 N–H and O–H groups in total. The summed E-state index contributed by atoms with van der Waals surface area (Å²) in [7, 11) is -2.04. The fourth-order valence-electron chi connectivity index (χ4n) is 2.12. The van der Waals surface area contributed by atoms with Gasteiger partial charge in [0.15, 0.2) is 0 Å². The minimum absolute atomic E-state index is 0.280. The first-order chi connectivity index (χ1) is 11.7. The zero-order valence-corrected chi connectivity index (χ0v) is 14.3. The summed E-state index contributed by atoms with van der Waals surface area (Å²) in [5.41, 5.74) is -5.30. The van der Waals surface area contributed by atoms with E-state index in [-0.39, 0.29) is 9.79 Å². The highest BCUT2D eigenvalue weighted by atomic mass is 32.2. The molecule has 1 aromatic rings. The number of hydrogen-bond acceptors (Lipinski definition) is 6. The van der Waals surface area contributed by atoms with Crippen LogP contribution in [-0.2, 0) is 20.3 Å². The topological polar surface area (TPSA) is 89.8 Å². The first-order valence-corrected chi connectivity index (χ1v) is 9.09. The first-order valence-electron chi connectivity index (χ1n) is 6.95. The van der Waals surface area contributed by atoms with Crippen molar-refractivity contribution >= 4 is 34.2 Å². The maximum absolute atomic E-state index is 12.4. The van der Waals surface area contributed by atoms with E-state index in [0.29, 0.717) is 32.4 Å². The van der Waals surface area contributed by atoms with Gasteiger partial charge >= 0.3 is 5.51 Å². The SMILES string of the molecule is O=C(CS(=O)c1ccc(SC(F)(F)F)cc1[N+](=O)[O-])N1CCOCC1. The van der Waals surface area contributed by atoms with Gasteiger partial charge in [-0.25, -0.2) is 0 Å². The van der Waals surface area contributed by atoms with Crippen LogP contribution in [0.15, 0.2) is 28.0 Å². The Balaban J connectivity index is 2.17. The van der Waals surface area contributed by atoms with Gasteiger partial charge in [0.2, 0.25) is 5.91 Å². The van der Waals surface area contributed by atoms with Crippen LogP contribution in [0.5, 0.6) is 0 Å². The van der Waals surface area contributed by atoms with Crippen molar-refractivity contribution in [1.82, 2.24) is 4.90 Å². The number of carbonyl (C=O) groups excluding carboxylic acids is 1. The van der Waals surface area contributed by atoms with Crippen LogP contribution in [0.25, 0.3) is 0 Å². The van der Waals surface area contributed by atoms with Gasteiger partial charge in [-0.1, -0.05) is 0 Å². The molecule has 1 unspecified atom stereocenters. The van der Waals surface area contributed by atoms with E-state index >= 15 is 0 Å². The molecule has 0 saturated carbocycles. The van der Waals surface area contributed by atoms with Crippen molar-refractivity contribution < 1.29 is 31.8 Å². The second-order valence-electron chi connectivity index (χ2n) is 4.92. The lowest BCUT2D eigenvalue weighted by Crippen LogP contribution is -2.42. The van der Waals surface area contributed by atoms with E-state index in [9.17, 15) is 32.3 Å². The number of amides is 1. The molecular weight excluding hydrogens is 385 g/mol. The Morgan fingerprint density at radius 1 is 1.36 bits per heavy atom. The third-order valence-electron chi connectivity index (χ3n) is 3.22. The Morgan fingerprint density at radius 2 is 2.00 bits per heavy atom. The lowest BCUT2D eigenvalue weighted by molar-refractivity contribution is -0.388. The molecule has 1 atom stereocenters. The Morgan fingerprint density at radius 3 is 2.56 bits per heavy atom. The monoisotopic (exact) mass is 398 g/mol. The molecular formula is C13H13F3N2O5S2. The van der Waals surface area contributed by atoms with E-state index in [1.165, 1.54) is 4.90 Å². The zero-order chi connectivity index (χ0) is 18.6. The highest BCUT2D eigenvalue weighted by Crippen LogP contribution is 2.39. The van der Waals surface area contributed by atoms with Crippen molar-refractivity contribution in [3.05, 3.63) is 28.3 Å². The van der Waals surface area contributed by atoms with Crippen molar-refractivity contribution in [2.75, 3.05) is 32.1 Å². The number of nitrogens with zero attached hydrogens (tertiary/aromatic N) is 2. The Bertz CT molecular complexity index is 693. The molecule has 0 bridgehead atoms. The smallest absolute Gasteiger partial charge is 0.378 e. The molecule has 1 saturated heterocycles. The lowest BCUT2D eigenvalue weighted by atomic mass is 10.3. The molecule has 0 aromatic heterocycles. The van der Waals surface area contributed by atoms with Gasteiger partial charge in [-0.3, -0.25) is 19.1 Å². The van der Waals surface area contributed by atoms with Crippen LogP contribution >= 0.6 is 11.8 Å². The van der Waals surface area contributed by atoms with Gasteiger partial charge < -0.3 is 9.64 Å². The summed E-state index contributed by atoms with van der Waals surface area (Å²) >= 11 is -0.503. The summed E-state index contributed by atoms with van der Waals surface area (Å²) in [4.78, 5) is 23.0. The number of alkyl halides is 3. The number of morpholine rings is 1. The maximum Gasteiger partial charge on any atom is 0.446 e. The van der Waals surface area contributed by atoms with Crippen LogP contribution in [-0.4, -0.2) is 57.5 Å². The van der Waals surface area contributed by atoms with E-state index in [1.807, 2.05) is 0 Å². The molecule has 0 spiro atoms. The third kappa shape index (κ3) is 5.68. The van der Waals surface area contributed by atoms with E-state index < -0.39 is 50.3 Å². The second-order valence-corrected chi connectivity index (χ2v) is 7.48. The second kappa shape index (κ2) is 8.15. The minimum Gasteiger partial charge on any atom is -0.378 e. The van der Waals surface area contributed by atoms with Gasteiger partial charge in [-0.05, 0) is 23.9 Å². The Kier molecular flexibility index (Phi) is 6.41. The van der Waals surface area contributed by atoms with Crippen molar-refractivity contribution in [1.29, 1.82) is 0 Å². The Hall–Kier alpha value is -1.66. The number of rotatable bonds is 5. The van der Waals surface area contributed by atoms with Crippen LogP contribution in [0.3, 0.4) is 0 Å². The largest absolute Gasteiger partial charge is 0.446 e. The van der Waals surface area contributed by atoms with Gasteiger partial charge in [0.1, 0.15) is 10.6 Å². The van der Waals surface area contributed by atoms with E-state index in [4.69, 9.17) is 4.74 Å². The summed E-state index contributed by atoms with van der Waals surface area (Å²) in [5, 5.41) is 11.1. The molecule has 1 aromatic carbocycles. The third-order valence-corrected chi connectivity index (χ3v) is 5.29. The number of nitro groups is 1. The number of benzene rings is 1. The highest BCUT2D eigenvalue weighted by molar-refractivity contribution is 8.00. The predicted octanol–water partition coefficient (Wildman–Crippen LogP) is 2.17. The van der Waals surface area contributed by atoms with E-state index in [2.05, 4.69) is 0 Å². The van der Waals surface area contributed by atoms with Crippen molar-refractivity contribution in [3.63, 3.8) is 0 Å². The van der Waals surface area contributed by atoms with Gasteiger partial charge in [-0.2, -0.15) is 13.2 Å². The van der Waals surface area contributed by atoms with Gasteiger partial charge in [0.05, 0.1) is 28.9 Å². The number of hydrogen-bond donors (Lipinski definition) is 0. The molecule has 1 aliphatic heterocycles. The molecule has 1 heterocycles. The first kappa shape index (κ1) is 19.7. The molecule has 0 aliphatic carbocycles. The number of thioether (sulfide) groups is 1. The number of ether oxygens (including phenoxy) is 1. The van der Waals surface area contributed by atoms with Gasteiger partial charge in [-0.15, -0.1) is 0 Å². The summed E-state index contributed by atoms with van der Waals surface area (Å²) < 4.78 is 54.6. The molecule has 1 aliphatic rings. The molecule has 1 amide bonds. The molecule has 12 heteroatoms. The minimum atomic E-state index is -4.60. The van der Waals surface area contributed by atoms with Crippen molar-refractivity contribution in [2.24, 2.45) is 0 Å². The molecule has 1 fully saturated rings. The van der Waals surface area contributed by atoms with Gasteiger partial charge in [0.25, 0.3) is 5.69 Å². The number of nitro benzene ring substituents is 1. The normalized spacial score (nSPS) is 16.5. The molecule has 138 valence electrons. The maximum atomic E-state index is 12.4. The van der Waals surface area contributed by atoms with Crippen LogP contribution in [0.1, 0.15) is 0 Å². The van der Waals surface area contributed by atoms with Crippen molar-refractivity contribution in [2.45, 2.75) is 15.3 Å². The summed E-state index contributed by atoms with van der Waals surface area (Å²) in [5.74, 6) is -0.934. The predicted molar refractivity (Wildman–Crippen MR) is 83.7 cm³/mol.